The summed E-state index contributed by atoms with van der Waals surface area (Å²) < 4.78 is 67.5. The molecule has 0 spiro atoms. The Kier molecular flexibility index (Phi) is 5.59. The zero-order chi connectivity index (χ0) is 19.5. The van der Waals surface area contributed by atoms with Gasteiger partial charge in [0.05, 0.1) is 11.8 Å². The molecule has 2 aromatic rings. The average molecular weight is 391 g/mol. The van der Waals surface area contributed by atoms with Crippen molar-refractivity contribution in [2.45, 2.75) is 19.5 Å². The van der Waals surface area contributed by atoms with E-state index in [4.69, 9.17) is 4.52 Å². The first-order valence-electron chi connectivity index (χ1n) is 7.35. The Labute approximate surface area is 147 Å². The predicted octanol–water partition coefficient (Wildman–Crippen LogP) is 2.80. The molecule has 0 atom stereocenters. The topological polar surface area (TPSA) is 92.5 Å². The van der Waals surface area contributed by atoms with Crippen LogP contribution in [0.4, 0.5) is 24.7 Å². The van der Waals surface area contributed by atoms with Crippen LogP contribution in [0.1, 0.15) is 17.7 Å². The van der Waals surface area contributed by atoms with Gasteiger partial charge in [-0.15, -0.1) is 0 Å². The fraction of sp³-hybridized carbons (Fsp3) is 0.333. The zero-order valence-corrected chi connectivity index (χ0v) is 14.7. The monoisotopic (exact) mass is 391 g/mol. The van der Waals surface area contributed by atoms with Crippen LogP contribution < -0.4 is 9.62 Å². The number of rotatable bonds is 6. The van der Waals surface area contributed by atoms with Crippen molar-refractivity contribution in [2.75, 3.05) is 22.4 Å². The Hall–Kier alpha value is -2.56. The Morgan fingerprint density at radius 3 is 2.54 bits per heavy atom. The number of nitrogens with zero attached hydrogens (tertiary/aromatic N) is 2. The number of aryl methyl sites for hydroxylation is 1. The van der Waals surface area contributed by atoms with E-state index >= 15 is 0 Å². The third-order valence-corrected chi connectivity index (χ3v) is 4.46. The fourth-order valence-electron chi connectivity index (χ4n) is 2.12. The first kappa shape index (κ1) is 19.8. The van der Waals surface area contributed by atoms with E-state index in [1.165, 1.54) is 18.2 Å². The van der Waals surface area contributed by atoms with Gasteiger partial charge in [0.25, 0.3) is 0 Å². The van der Waals surface area contributed by atoms with E-state index in [1.54, 1.807) is 6.92 Å². The van der Waals surface area contributed by atoms with Gasteiger partial charge in [-0.1, -0.05) is 11.2 Å². The number of nitrogens with one attached hydrogen (secondary N) is 1. The summed E-state index contributed by atoms with van der Waals surface area (Å²) in [4.78, 5) is 12.0. The van der Waals surface area contributed by atoms with E-state index < -0.39 is 27.7 Å². The quantitative estimate of drug-likeness (QED) is 0.817. The molecule has 1 amide bonds. The van der Waals surface area contributed by atoms with Gasteiger partial charge in [-0.05, 0) is 25.1 Å². The third-order valence-electron chi connectivity index (χ3n) is 3.29. The predicted molar refractivity (Wildman–Crippen MR) is 88.1 cm³/mol. The molecule has 0 aliphatic carbocycles. The number of anilines is 2. The minimum absolute atomic E-state index is 0.0249. The largest absolute Gasteiger partial charge is 0.416 e. The number of alkyl halides is 3. The lowest BCUT2D eigenvalue weighted by Crippen LogP contribution is -2.33. The molecular formula is C15H16F3N3O4S. The maximum absolute atomic E-state index is 12.7. The van der Waals surface area contributed by atoms with Gasteiger partial charge in [-0.2, -0.15) is 13.2 Å². The highest BCUT2D eigenvalue weighted by Crippen LogP contribution is 2.30. The van der Waals surface area contributed by atoms with Gasteiger partial charge in [-0.25, -0.2) is 8.42 Å². The molecule has 0 bridgehead atoms. The maximum Gasteiger partial charge on any atom is 0.416 e. The molecule has 1 aromatic heterocycles. The van der Waals surface area contributed by atoms with Crippen LogP contribution >= 0.6 is 0 Å². The van der Waals surface area contributed by atoms with Gasteiger partial charge in [0.2, 0.25) is 15.9 Å². The fourth-order valence-corrected chi connectivity index (χ4v) is 2.97. The molecule has 1 heterocycles. The van der Waals surface area contributed by atoms with Crippen molar-refractivity contribution >= 4 is 27.4 Å². The van der Waals surface area contributed by atoms with E-state index in [0.717, 1.165) is 22.7 Å². The maximum atomic E-state index is 12.7. The van der Waals surface area contributed by atoms with Crippen LogP contribution in [0.5, 0.6) is 0 Å². The Bertz CT molecular complexity index is 894. The van der Waals surface area contributed by atoms with Crippen molar-refractivity contribution in [3.05, 3.63) is 41.7 Å². The Balaban J connectivity index is 2.05. The number of amides is 1. The molecule has 7 nitrogen and oxygen atoms in total. The van der Waals surface area contributed by atoms with Crippen molar-refractivity contribution in [3.63, 3.8) is 0 Å². The molecule has 0 aliphatic heterocycles. The highest BCUT2D eigenvalue weighted by Gasteiger charge is 2.30. The highest BCUT2D eigenvalue weighted by atomic mass is 32.2. The molecule has 26 heavy (non-hydrogen) atoms. The number of benzene rings is 1. The molecule has 142 valence electrons. The smallest absolute Gasteiger partial charge is 0.360 e. The lowest BCUT2D eigenvalue weighted by Gasteiger charge is -2.18. The van der Waals surface area contributed by atoms with Crippen LogP contribution in [0.15, 0.2) is 34.9 Å². The van der Waals surface area contributed by atoms with Crippen LogP contribution in [0.2, 0.25) is 0 Å². The second-order valence-electron chi connectivity index (χ2n) is 5.51. The van der Waals surface area contributed by atoms with Gasteiger partial charge < -0.3 is 9.84 Å². The lowest BCUT2D eigenvalue weighted by atomic mass is 10.2. The van der Waals surface area contributed by atoms with Crippen molar-refractivity contribution < 1.29 is 30.9 Å². The molecule has 0 radical (unpaired) electrons. The van der Waals surface area contributed by atoms with Crippen molar-refractivity contribution in [1.82, 2.24) is 5.16 Å². The van der Waals surface area contributed by atoms with Gasteiger partial charge in [0.1, 0.15) is 5.76 Å². The molecule has 0 unspecified atom stereocenters. The van der Waals surface area contributed by atoms with Crippen molar-refractivity contribution in [2.24, 2.45) is 0 Å². The van der Waals surface area contributed by atoms with Crippen molar-refractivity contribution in [1.29, 1.82) is 0 Å². The summed E-state index contributed by atoms with van der Waals surface area (Å²) in [6.07, 6.45) is -3.87. The standard InChI is InChI=1S/C15H16F3N3O4S/c1-10-8-13(20-25-10)21(26(2,23)24)7-6-14(22)19-12-5-3-4-11(9-12)15(16,17)18/h3-5,8-9H,6-7H2,1-2H3,(H,19,22). The summed E-state index contributed by atoms with van der Waals surface area (Å²) in [7, 11) is -3.72. The summed E-state index contributed by atoms with van der Waals surface area (Å²) in [5, 5.41) is 5.91. The summed E-state index contributed by atoms with van der Waals surface area (Å²) in [5.41, 5.74) is -0.931. The Morgan fingerprint density at radius 1 is 1.31 bits per heavy atom. The summed E-state index contributed by atoms with van der Waals surface area (Å²) >= 11 is 0. The molecule has 0 saturated heterocycles. The number of halogens is 3. The molecule has 1 aromatic carbocycles. The lowest BCUT2D eigenvalue weighted by molar-refractivity contribution is -0.137. The van der Waals surface area contributed by atoms with E-state index in [1.807, 2.05) is 0 Å². The van der Waals surface area contributed by atoms with E-state index in [2.05, 4.69) is 10.5 Å². The zero-order valence-electron chi connectivity index (χ0n) is 13.9. The first-order valence-corrected chi connectivity index (χ1v) is 9.20. The SMILES string of the molecule is Cc1cc(N(CCC(=O)Nc2cccc(C(F)(F)F)c2)S(C)(=O)=O)no1. The molecule has 0 fully saturated rings. The van der Waals surface area contributed by atoms with Gasteiger partial charge in [0, 0.05) is 24.7 Å². The number of carbonyl (C=O) groups is 1. The van der Waals surface area contributed by atoms with Crippen molar-refractivity contribution in [3.8, 4) is 0 Å². The van der Waals surface area contributed by atoms with Gasteiger partial charge >= 0.3 is 6.18 Å². The minimum Gasteiger partial charge on any atom is -0.360 e. The summed E-state index contributed by atoms with van der Waals surface area (Å²) in [6.45, 7) is 1.34. The van der Waals surface area contributed by atoms with Gasteiger partial charge in [-0.3, -0.25) is 9.10 Å². The van der Waals surface area contributed by atoms with Crippen LogP contribution in [-0.2, 0) is 21.0 Å². The number of hydrogen-bond donors (Lipinski definition) is 1. The molecule has 2 rings (SSSR count). The second-order valence-corrected chi connectivity index (χ2v) is 7.41. The highest BCUT2D eigenvalue weighted by molar-refractivity contribution is 7.92. The summed E-state index contributed by atoms with van der Waals surface area (Å²) in [6, 6.07) is 5.55. The molecular weight excluding hydrogens is 375 g/mol. The Morgan fingerprint density at radius 2 is 2.00 bits per heavy atom. The van der Waals surface area contributed by atoms with E-state index in [-0.39, 0.29) is 24.5 Å². The van der Waals surface area contributed by atoms with Crippen LogP contribution in [0.25, 0.3) is 0 Å². The van der Waals surface area contributed by atoms with E-state index in [0.29, 0.717) is 5.76 Å². The number of sulfonamides is 1. The van der Waals surface area contributed by atoms with Crippen LogP contribution in [-0.4, -0.2) is 32.3 Å². The number of hydrogen-bond acceptors (Lipinski definition) is 5. The molecule has 11 heteroatoms. The molecule has 0 aliphatic rings. The number of carbonyl (C=O) groups excluding carboxylic acids is 1. The van der Waals surface area contributed by atoms with Gasteiger partial charge in [0.15, 0.2) is 5.82 Å². The molecule has 1 N–H and O–H groups in total. The third kappa shape index (κ3) is 5.22. The first-order chi connectivity index (χ1) is 12.0. The summed E-state index contributed by atoms with van der Waals surface area (Å²) in [5.74, 6) is -0.225. The van der Waals surface area contributed by atoms with E-state index in [9.17, 15) is 26.4 Å². The normalized spacial score (nSPS) is 12.0. The molecule has 0 saturated carbocycles. The minimum atomic E-state index is -4.53. The van der Waals surface area contributed by atoms with Crippen LogP contribution in [0.3, 0.4) is 0 Å². The van der Waals surface area contributed by atoms with Crippen LogP contribution in [0, 0.1) is 6.92 Å². The second kappa shape index (κ2) is 7.36. The average Bonchev–Trinajstić information content (AvgIpc) is 2.91. The number of aromatic nitrogens is 1.